The first-order valence-electron chi connectivity index (χ1n) is 5.37. The average Bonchev–Trinajstić information content (AvgIpc) is 2.50. The van der Waals surface area contributed by atoms with Gasteiger partial charge in [-0.05, 0) is 23.6 Å². The molecule has 15 heavy (non-hydrogen) atoms. The second-order valence-electron chi connectivity index (χ2n) is 4.46. The molecule has 1 aliphatic rings. The molecule has 0 spiro atoms. The lowest BCUT2D eigenvalue weighted by molar-refractivity contribution is 0.319. The number of likely N-dealkylation sites (tertiary alicyclic amines) is 1. The first kappa shape index (κ1) is 10.6. The van der Waals surface area contributed by atoms with Crippen LogP contribution in [0.15, 0.2) is 24.3 Å². The van der Waals surface area contributed by atoms with Crippen molar-refractivity contribution in [1.82, 2.24) is 4.90 Å². The van der Waals surface area contributed by atoms with Crippen molar-refractivity contribution in [2.75, 3.05) is 13.1 Å². The molecule has 1 heterocycles. The smallest absolute Gasteiger partial charge is 0.123 e. The second kappa shape index (κ2) is 4.29. The van der Waals surface area contributed by atoms with E-state index < -0.39 is 0 Å². The van der Waals surface area contributed by atoms with E-state index in [4.69, 9.17) is 5.73 Å². The fraction of sp³-hybridized carbons (Fsp3) is 0.500. The highest BCUT2D eigenvalue weighted by molar-refractivity contribution is 5.16. The van der Waals surface area contributed by atoms with Crippen LogP contribution in [-0.4, -0.2) is 24.0 Å². The molecule has 2 unspecified atom stereocenters. The van der Waals surface area contributed by atoms with Gasteiger partial charge in [-0.2, -0.15) is 0 Å². The molecule has 3 heteroatoms. The molecule has 1 fully saturated rings. The van der Waals surface area contributed by atoms with E-state index in [1.165, 1.54) is 12.1 Å². The third-order valence-corrected chi connectivity index (χ3v) is 3.07. The Morgan fingerprint density at radius 3 is 2.53 bits per heavy atom. The average molecular weight is 208 g/mol. The summed E-state index contributed by atoms with van der Waals surface area (Å²) in [5, 5.41) is 0. The molecule has 2 atom stereocenters. The Labute approximate surface area is 89.9 Å². The van der Waals surface area contributed by atoms with Crippen LogP contribution in [0.3, 0.4) is 0 Å². The van der Waals surface area contributed by atoms with Gasteiger partial charge in [-0.3, -0.25) is 4.90 Å². The molecule has 1 aromatic carbocycles. The van der Waals surface area contributed by atoms with Gasteiger partial charge in [0.25, 0.3) is 0 Å². The highest BCUT2D eigenvalue weighted by atomic mass is 19.1. The minimum Gasteiger partial charge on any atom is -0.326 e. The van der Waals surface area contributed by atoms with Crippen molar-refractivity contribution in [2.45, 2.75) is 19.5 Å². The first-order valence-corrected chi connectivity index (χ1v) is 5.37. The van der Waals surface area contributed by atoms with Crippen molar-refractivity contribution in [3.05, 3.63) is 35.6 Å². The number of hydrogen-bond acceptors (Lipinski definition) is 2. The fourth-order valence-electron chi connectivity index (χ4n) is 2.07. The molecule has 2 nitrogen and oxygen atoms in total. The van der Waals surface area contributed by atoms with E-state index in [1.54, 1.807) is 0 Å². The summed E-state index contributed by atoms with van der Waals surface area (Å²) in [6.07, 6.45) is 0. The summed E-state index contributed by atoms with van der Waals surface area (Å²) >= 11 is 0. The van der Waals surface area contributed by atoms with Crippen molar-refractivity contribution < 1.29 is 4.39 Å². The van der Waals surface area contributed by atoms with Crippen LogP contribution in [0.1, 0.15) is 12.5 Å². The Bertz CT molecular complexity index is 313. The fourth-order valence-corrected chi connectivity index (χ4v) is 2.07. The van der Waals surface area contributed by atoms with Gasteiger partial charge in [-0.15, -0.1) is 0 Å². The summed E-state index contributed by atoms with van der Waals surface area (Å²) < 4.78 is 12.7. The molecule has 0 bridgehead atoms. The molecule has 0 saturated carbocycles. The molecule has 0 aromatic heterocycles. The molecule has 1 aliphatic heterocycles. The van der Waals surface area contributed by atoms with Crippen molar-refractivity contribution >= 4 is 0 Å². The maximum atomic E-state index is 12.7. The molecule has 0 amide bonds. The highest BCUT2D eigenvalue weighted by Crippen LogP contribution is 2.17. The van der Waals surface area contributed by atoms with Crippen LogP contribution < -0.4 is 5.73 Å². The molecular weight excluding hydrogens is 191 g/mol. The van der Waals surface area contributed by atoms with Crippen LogP contribution in [0.4, 0.5) is 4.39 Å². The molecule has 1 saturated heterocycles. The van der Waals surface area contributed by atoms with E-state index in [-0.39, 0.29) is 11.9 Å². The van der Waals surface area contributed by atoms with Gasteiger partial charge >= 0.3 is 0 Å². The summed E-state index contributed by atoms with van der Waals surface area (Å²) in [6, 6.07) is 6.97. The maximum absolute atomic E-state index is 12.7. The Kier molecular flexibility index (Phi) is 3.03. The Morgan fingerprint density at radius 2 is 2.00 bits per heavy atom. The largest absolute Gasteiger partial charge is 0.326 e. The van der Waals surface area contributed by atoms with Crippen molar-refractivity contribution in [1.29, 1.82) is 0 Å². The molecule has 2 N–H and O–H groups in total. The number of hydrogen-bond donors (Lipinski definition) is 1. The van der Waals surface area contributed by atoms with E-state index in [9.17, 15) is 4.39 Å². The van der Waals surface area contributed by atoms with E-state index in [0.717, 1.165) is 25.2 Å². The van der Waals surface area contributed by atoms with Gasteiger partial charge in [-0.1, -0.05) is 19.1 Å². The predicted molar refractivity (Wildman–Crippen MR) is 58.8 cm³/mol. The standard InChI is InChI=1S/C12H17FN2/c1-9-6-15(8-12(9)14)7-10-2-4-11(13)5-3-10/h2-5,9,12H,6-8,14H2,1H3. The van der Waals surface area contributed by atoms with E-state index in [0.29, 0.717) is 5.92 Å². The van der Waals surface area contributed by atoms with Gasteiger partial charge in [0.2, 0.25) is 0 Å². The zero-order valence-electron chi connectivity index (χ0n) is 8.99. The summed E-state index contributed by atoms with van der Waals surface area (Å²) in [7, 11) is 0. The Hall–Kier alpha value is -0.930. The van der Waals surface area contributed by atoms with Crippen LogP contribution in [0, 0.1) is 11.7 Å². The lowest BCUT2D eigenvalue weighted by atomic mass is 10.1. The van der Waals surface area contributed by atoms with Gasteiger partial charge in [0.15, 0.2) is 0 Å². The van der Waals surface area contributed by atoms with E-state index >= 15 is 0 Å². The van der Waals surface area contributed by atoms with Crippen LogP contribution in [0.5, 0.6) is 0 Å². The molecule has 82 valence electrons. The normalized spacial score (nSPS) is 27.1. The van der Waals surface area contributed by atoms with E-state index in [2.05, 4.69) is 11.8 Å². The molecule has 0 aliphatic carbocycles. The van der Waals surface area contributed by atoms with Crippen LogP contribution in [0.2, 0.25) is 0 Å². The highest BCUT2D eigenvalue weighted by Gasteiger charge is 2.26. The minimum absolute atomic E-state index is 0.176. The van der Waals surface area contributed by atoms with Crippen LogP contribution in [-0.2, 0) is 6.54 Å². The number of nitrogens with zero attached hydrogens (tertiary/aromatic N) is 1. The summed E-state index contributed by atoms with van der Waals surface area (Å²) in [4.78, 5) is 2.32. The third kappa shape index (κ3) is 2.55. The number of nitrogens with two attached hydrogens (primary N) is 1. The summed E-state index contributed by atoms with van der Waals surface area (Å²) in [5.41, 5.74) is 7.10. The lowest BCUT2D eigenvalue weighted by Gasteiger charge is -2.14. The lowest BCUT2D eigenvalue weighted by Crippen LogP contribution is -2.28. The van der Waals surface area contributed by atoms with Gasteiger partial charge in [0, 0.05) is 25.7 Å². The topological polar surface area (TPSA) is 29.3 Å². The quantitative estimate of drug-likeness (QED) is 0.800. The SMILES string of the molecule is CC1CN(Cc2ccc(F)cc2)CC1N. The first-order chi connectivity index (χ1) is 7.15. The van der Waals surface area contributed by atoms with Gasteiger partial charge in [0.05, 0.1) is 0 Å². The molecule has 0 radical (unpaired) electrons. The van der Waals surface area contributed by atoms with Crippen LogP contribution in [0.25, 0.3) is 0 Å². The van der Waals surface area contributed by atoms with Gasteiger partial charge < -0.3 is 5.73 Å². The Balaban J connectivity index is 1.95. The zero-order valence-corrected chi connectivity index (χ0v) is 8.99. The van der Waals surface area contributed by atoms with Gasteiger partial charge in [0.1, 0.15) is 5.82 Å². The maximum Gasteiger partial charge on any atom is 0.123 e. The van der Waals surface area contributed by atoms with Crippen LogP contribution >= 0.6 is 0 Å². The summed E-state index contributed by atoms with van der Waals surface area (Å²) in [6.45, 7) is 5.03. The summed E-state index contributed by atoms with van der Waals surface area (Å²) in [5.74, 6) is 0.385. The predicted octanol–water partition coefficient (Wildman–Crippen LogP) is 1.60. The zero-order chi connectivity index (χ0) is 10.8. The third-order valence-electron chi connectivity index (χ3n) is 3.07. The van der Waals surface area contributed by atoms with Crippen molar-refractivity contribution in [2.24, 2.45) is 11.7 Å². The molecular formula is C12H17FN2. The number of benzene rings is 1. The minimum atomic E-state index is -0.176. The monoisotopic (exact) mass is 208 g/mol. The molecule has 2 rings (SSSR count). The van der Waals surface area contributed by atoms with Crippen molar-refractivity contribution in [3.63, 3.8) is 0 Å². The Morgan fingerprint density at radius 1 is 1.33 bits per heavy atom. The molecule has 1 aromatic rings. The van der Waals surface area contributed by atoms with Crippen molar-refractivity contribution in [3.8, 4) is 0 Å². The second-order valence-corrected chi connectivity index (χ2v) is 4.46. The number of rotatable bonds is 2. The van der Waals surface area contributed by atoms with E-state index in [1.807, 2.05) is 12.1 Å². The number of halogens is 1. The van der Waals surface area contributed by atoms with Gasteiger partial charge in [-0.25, -0.2) is 4.39 Å².